The summed E-state index contributed by atoms with van der Waals surface area (Å²) in [6.07, 6.45) is 3.90. The molecule has 0 aromatic heterocycles. The molecule has 0 aliphatic carbocycles. The van der Waals surface area contributed by atoms with E-state index in [0.29, 0.717) is 12.1 Å². The van der Waals surface area contributed by atoms with Gasteiger partial charge in [0.2, 0.25) is 5.91 Å². The number of rotatable bonds is 8. The highest BCUT2D eigenvalue weighted by atomic mass is 35.5. The summed E-state index contributed by atoms with van der Waals surface area (Å²) in [4.78, 5) is 38.1. The topological polar surface area (TPSA) is 108 Å². The van der Waals surface area contributed by atoms with Crippen molar-refractivity contribution in [1.29, 1.82) is 0 Å². The number of hydrogen-bond donors (Lipinski definition) is 3. The first-order chi connectivity index (χ1) is 16.7. The SMILES string of the molecule is CC(=O)Nc1cc(OCC(=O)NC2CC3CCC(C2)N3Cc2ccc(Cl)cc2)c(C(=O)O)cc1Cl. The standard InChI is InChI=1S/C25H27Cl2N3O5/c1-14(31)28-22-11-23(20(25(33)34)10-21(22)27)35-13-24(32)29-17-8-18-6-7-19(9-17)30(18)12-15-2-4-16(26)5-3-15/h2-5,10-11,17-19H,6-9,12-13H2,1H3,(H,28,31)(H,29,32)(H,33,34). The van der Waals surface area contributed by atoms with Gasteiger partial charge in [0, 0.05) is 42.7 Å². The third kappa shape index (κ3) is 6.25. The third-order valence-corrected chi connectivity index (χ3v) is 7.06. The molecule has 2 unspecified atom stereocenters. The Morgan fingerprint density at radius 2 is 1.74 bits per heavy atom. The molecule has 0 saturated carbocycles. The van der Waals surface area contributed by atoms with E-state index in [1.165, 1.54) is 24.6 Å². The molecule has 10 heteroatoms. The fourth-order valence-corrected chi connectivity index (χ4v) is 5.33. The zero-order chi connectivity index (χ0) is 25.1. The van der Waals surface area contributed by atoms with Gasteiger partial charge in [0.05, 0.1) is 10.7 Å². The number of carbonyl (C=O) groups is 3. The van der Waals surface area contributed by atoms with Crippen molar-refractivity contribution < 1.29 is 24.2 Å². The van der Waals surface area contributed by atoms with Crippen molar-refractivity contribution in [2.45, 2.75) is 57.3 Å². The molecule has 2 fully saturated rings. The minimum absolute atomic E-state index is 0.0316. The van der Waals surface area contributed by atoms with Crippen LogP contribution in [0.15, 0.2) is 36.4 Å². The highest BCUT2D eigenvalue weighted by Crippen LogP contribution is 2.37. The van der Waals surface area contributed by atoms with Gasteiger partial charge in [0.15, 0.2) is 6.61 Å². The summed E-state index contributed by atoms with van der Waals surface area (Å²) in [6, 6.07) is 11.2. The van der Waals surface area contributed by atoms with E-state index in [-0.39, 0.29) is 46.5 Å². The molecule has 2 aliphatic heterocycles. The number of hydrogen-bond acceptors (Lipinski definition) is 5. The van der Waals surface area contributed by atoms with E-state index >= 15 is 0 Å². The molecule has 35 heavy (non-hydrogen) atoms. The Balaban J connectivity index is 1.34. The molecule has 2 atom stereocenters. The molecule has 2 heterocycles. The number of carbonyl (C=O) groups excluding carboxylic acids is 2. The molecule has 2 aromatic carbocycles. The number of carboxylic acid groups (broad SMARTS) is 1. The van der Waals surface area contributed by atoms with E-state index in [1.807, 2.05) is 24.3 Å². The summed E-state index contributed by atoms with van der Waals surface area (Å²) in [7, 11) is 0. The van der Waals surface area contributed by atoms with Crippen LogP contribution in [0.1, 0.15) is 48.5 Å². The number of fused-ring (bicyclic) bond motifs is 2. The molecule has 4 rings (SSSR count). The minimum Gasteiger partial charge on any atom is -0.483 e. The zero-order valence-corrected chi connectivity index (χ0v) is 20.7. The normalized spacial score (nSPS) is 21.4. The molecule has 186 valence electrons. The summed E-state index contributed by atoms with van der Waals surface area (Å²) < 4.78 is 5.53. The van der Waals surface area contributed by atoms with E-state index in [2.05, 4.69) is 15.5 Å². The number of amides is 2. The van der Waals surface area contributed by atoms with Gasteiger partial charge in [0.1, 0.15) is 11.3 Å². The Kier molecular flexibility index (Phi) is 7.84. The number of benzene rings is 2. The average molecular weight is 520 g/mol. The molecule has 2 aliphatic rings. The first-order valence-electron chi connectivity index (χ1n) is 11.5. The van der Waals surface area contributed by atoms with Crippen LogP contribution >= 0.6 is 23.2 Å². The monoisotopic (exact) mass is 519 g/mol. The molecule has 8 nitrogen and oxygen atoms in total. The van der Waals surface area contributed by atoms with Crippen molar-refractivity contribution in [2.75, 3.05) is 11.9 Å². The quantitative estimate of drug-likeness (QED) is 0.478. The lowest BCUT2D eigenvalue weighted by Gasteiger charge is -2.39. The van der Waals surface area contributed by atoms with Crippen LogP contribution in [0.3, 0.4) is 0 Å². The molecular formula is C25H27Cl2N3O5. The first kappa shape index (κ1) is 25.3. The lowest BCUT2D eigenvalue weighted by Crippen LogP contribution is -2.50. The Hall–Kier alpha value is -2.81. The largest absolute Gasteiger partial charge is 0.483 e. The predicted molar refractivity (Wildman–Crippen MR) is 133 cm³/mol. The molecule has 3 N–H and O–H groups in total. The van der Waals surface area contributed by atoms with Gasteiger partial charge >= 0.3 is 5.97 Å². The lowest BCUT2D eigenvalue weighted by molar-refractivity contribution is -0.124. The van der Waals surface area contributed by atoms with E-state index in [4.69, 9.17) is 27.9 Å². The number of ether oxygens (including phenoxy) is 1. The smallest absolute Gasteiger partial charge is 0.339 e. The summed E-state index contributed by atoms with van der Waals surface area (Å²) in [5, 5.41) is 15.8. The molecule has 2 aromatic rings. The molecule has 0 spiro atoms. The maximum atomic E-state index is 12.6. The van der Waals surface area contributed by atoms with Gasteiger partial charge in [-0.15, -0.1) is 0 Å². The maximum Gasteiger partial charge on any atom is 0.339 e. The number of nitrogens with one attached hydrogen (secondary N) is 2. The van der Waals surface area contributed by atoms with Crippen LogP contribution in [0.2, 0.25) is 10.0 Å². The highest BCUT2D eigenvalue weighted by molar-refractivity contribution is 6.34. The van der Waals surface area contributed by atoms with Gasteiger partial charge in [-0.25, -0.2) is 4.79 Å². The zero-order valence-electron chi connectivity index (χ0n) is 19.2. The van der Waals surface area contributed by atoms with Crippen molar-refractivity contribution in [2.24, 2.45) is 0 Å². The van der Waals surface area contributed by atoms with Crippen molar-refractivity contribution in [1.82, 2.24) is 10.2 Å². The lowest BCUT2D eigenvalue weighted by atomic mass is 9.96. The van der Waals surface area contributed by atoms with Gasteiger partial charge < -0.3 is 20.5 Å². The number of aromatic carboxylic acids is 1. The summed E-state index contributed by atoms with van der Waals surface area (Å²) in [5.41, 5.74) is 1.24. The van der Waals surface area contributed by atoms with Crippen LogP contribution in [0.5, 0.6) is 5.75 Å². The van der Waals surface area contributed by atoms with E-state index in [9.17, 15) is 19.5 Å². The summed E-state index contributed by atoms with van der Waals surface area (Å²) in [6.45, 7) is 1.83. The van der Waals surface area contributed by atoms with Gasteiger partial charge in [-0.2, -0.15) is 0 Å². The van der Waals surface area contributed by atoms with Gasteiger partial charge in [-0.05, 0) is 49.4 Å². The summed E-state index contributed by atoms with van der Waals surface area (Å²) in [5.74, 6) is -1.98. The van der Waals surface area contributed by atoms with Crippen molar-refractivity contribution in [3.63, 3.8) is 0 Å². The second-order valence-electron chi connectivity index (χ2n) is 9.02. The van der Waals surface area contributed by atoms with Crippen LogP contribution in [0.25, 0.3) is 0 Å². The number of halogens is 2. The third-order valence-electron chi connectivity index (χ3n) is 6.50. The van der Waals surface area contributed by atoms with Crippen LogP contribution < -0.4 is 15.4 Å². The van der Waals surface area contributed by atoms with Gasteiger partial charge in [-0.3, -0.25) is 14.5 Å². The fourth-order valence-electron chi connectivity index (χ4n) is 4.99. The van der Waals surface area contributed by atoms with Crippen LogP contribution in [-0.4, -0.2) is 52.5 Å². The number of carboxylic acids is 1. The van der Waals surface area contributed by atoms with Crippen LogP contribution in [0.4, 0.5) is 5.69 Å². The molecule has 2 bridgehead atoms. The Morgan fingerprint density at radius 1 is 1.09 bits per heavy atom. The number of nitrogens with zero attached hydrogens (tertiary/aromatic N) is 1. The van der Waals surface area contributed by atoms with Crippen molar-refractivity contribution in [3.8, 4) is 5.75 Å². The highest BCUT2D eigenvalue weighted by Gasteiger charge is 2.40. The number of piperidine rings is 1. The predicted octanol–water partition coefficient (Wildman–Crippen LogP) is 4.34. The Morgan fingerprint density at radius 3 is 2.34 bits per heavy atom. The van der Waals surface area contributed by atoms with E-state index in [1.54, 1.807) is 0 Å². The Labute approximate surface area is 213 Å². The maximum absolute atomic E-state index is 12.6. The Bertz CT molecular complexity index is 1110. The van der Waals surface area contributed by atoms with Crippen LogP contribution in [0, 0.1) is 0 Å². The molecule has 0 radical (unpaired) electrons. The second kappa shape index (κ2) is 10.8. The van der Waals surface area contributed by atoms with E-state index < -0.39 is 5.97 Å². The molecule has 2 saturated heterocycles. The van der Waals surface area contributed by atoms with E-state index in [0.717, 1.165) is 37.3 Å². The first-order valence-corrected chi connectivity index (χ1v) is 12.2. The van der Waals surface area contributed by atoms with Gasteiger partial charge in [0.25, 0.3) is 5.91 Å². The van der Waals surface area contributed by atoms with Crippen molar-refractivity contribution in [3.05, 3.63) is 57.6 Å². The fraction of sp³-hybridized carbons (Fsp3) is 0.400. The minimum atomic E-state index is -1.25. The molecule has 2 amide bonds. The molecular weight excluding hydrogens is 493 g/mol. The number of anilines is 1. The van der Waals surface area contributed by atoms with Gasteiger partial charge in [-0.1, -0.05) is 35.3 Å². The second-order valence-corrected chi connectivity index (χ2v) is 9.87. The van der Waals surface area contributed by atoms with Crippen molar-refractivity contribution >= 4 is 46.7 Å². The average Bonchev–Trinajstić information content (AvgIpc) is 3.02. The van der Waals surface area contributed by atoms with Crippen LogP contribution in [-0.2, 0) is 16.1 Å². The summed E-state index contributed by atoms with van der Waals surface area (Å²) >= 11 is 12.1.